The van der Waals surface area contributed by atoms with Gasteiger partial charge in [-0.3, -0.25) is 9.69 Å². The molecule has 2 aliphatic rings. The van der Waals surface area contributed by atoms with E-state index < -0.39 is 22.6 Å². The van der Waals surface area contributed by atoms with E-state index in [0.29, 0.717) is 43.1 Å². The predicted molar refractivity (Wildman–Crippen MR) is 138 cm³/mol. The van der Waals surface area contributed by atoms with Crippen molar-refractivity contribution >= 4 is 26.8 Å². The van der Waals surface area contributed by atoms with Crippen LogP contribution in [0.3, 0.4) is 0 Å². The first-order valence-corrected chi connectivity index (χ1v) is 14.6. The summed E-state index contributed by atoms with van der Waals surface area (Å²) in [4.78, 5) is 19.4. The highest BCUT2D eigenvalue weighted by molar-refractivity contribution is 7.91. The van der Waals surface area contributed by atoms with Crippen molar-refractivity contribution in [3.63, 3.8) is 0 Å². The molecule has 1 amide bonds. The van der Waals surface area contributed by atoms with Gasteiger partial charge in [-0.25, -0.2) is 13.4 Å². The number of nitrogens with zero attached hydrogens (tertiary/aromatic N) is 3. The van der Waals surface area contributed by atoms with Crippen molar-refractivity contribution in [3.8, 4) is 0 Å². The minimum absolute atomic E-state index is 0.0287. The third kappa shape index (κ3) is 6.04. The Morgan fingerprint density at radius 1 is 1.11 bits per heavy atom. The minimum Gasteiger partial charge on any atom is -0.348 e. The number of alkyl halides is 3. The largest absolute Gasteiger partial charge is 0.401 e. The van der Waals surface area contributed by atoms with Crippen molar-refractivity contribution in [1.82, 2.24) is 19.8 Å². The Hall–Kier alpha value is -2.92. The molecule has 3 aromatic rings. The molecule has 1 aliphatic carbocycles. The van der Waals surface area contributed by atoms with Crippen LogP contribution in [0.1, 0.15) is 53.8 Å². The summed E-state index contributed by atoms with van der Waals surface area (Å²) in [6.07, 6.45) is -1.39. The number of sulfone groups is 1. The number of imidazole rings is 1. The maximum Gasteiger partial charge on any atom is 0.401 e. The van der Waals surface area contributed by atoms with E-state index in [4.69, 9.17) is 4.98 Å². The van der Waals surface area contributed by atoms with E-state index in [9.17, 15) is 26.4 Å². The number of likely N-dealkylation sites (tertiary alicyclic amines) is 1. The normalized spacial score (nSPS) is 18.8. The van der Waals surface area contributed by atoms with Gasteiger partial charge in [0.15, 0.2) is 9.84 Å². The van der Waals surface area contributed by atoms with Crippen molar-refractivity contribution in [2.24, 2.45) is 5.92 Å². The molecular formula is C27H31F3N4O3S. The molecular weight excluding hydrogens is 517 g/mol. The number of benzene rings is 2. The molecule has 0 bridgehead atoms. The van der Waals surface area contributed by atoms with Crippen LogP contribution in [0, 0.1) is 5.92 Å². The molecule has 1 saturated heterocycles. The summed E-state index contributed by atoms with van der Waals surface area (Å²) >= 11 is 0. The molecule has 2 heterocycles. The lowest BCUT2D eigenvalue weighted by atomic mass is 10.1. The van der Waals surface area contributed by atoms with Gasteiger partial charge >= 0.3 is 6.18 Å². The fraction of sp³-hybridized carbons (Fsp3) is 0.481. The zero-order chi connectivity index (χ0) is 27.1. The fourth-order valence-electron chi connectivity index (χ4n) is 5.12. The Bertz CT molecular complexity index is 1430. The molecule has 204 valence electrons. The van der Waals surface area contributed by atoms with E-state index in [1.807, 2.05) is 6.07 Å². The number of amides is 1. The van der Waals surface area contributed by atoms with Crippen LogP contribution in [0.15, 0.2) is 47.4 Å². The van der Waals surface area contributed by atoms with Crippen LogP contribution in [0.25, 0.3) is 11.0 Å². The highest BCUT2D eigenvalue weighted by Crippen LogP contribution is 2.41. The summed E-state index contributed by atoms with van der Waals surface area (Å²) < 4.78 is 64.5. The van der Waals surface area contributed by atoms with Crippen molar-refractivity contribution in [2.45, 2.75) is 56.3 Å². The Morgan fingerprint density at radius 3 is 2.50 bits per heavy atom. The monoisotopic (exact) mass is 548 g/mol. The quantitative estimate of drug-likeness (QED) is 0.425. The number of hydrogen-bond donors (Lipinski definition) is 1. The van der Waals surface area contributed by atoms with Crippen LogP contribution < -0.4 is 5.32 Å². The molecule has 1 N–H and O–H groups in total. The Balaban J connectivity index is 1.27. The average Bonchev–Trinajstić information content (AvgIpc) is 3.54. The van der Waals surface area contributed by atoms with Crippen LogP contribution in [0.4, 0.5) is 13.2 Å². The van der Waals surface area contributed by atoms with Crippen molar-refractivity contribution in [2.75, 3.05) is 25.4 Å². The van der Waals surface area contributed by atoms with Gasteiger partial charge in [0.25, 0.3) is 5.91 Å². The average molecular weight is 549 g/mol. The van der Waals surface area contributed by atoms with Crippen LogP contribution >= 0.6 is 0 Å². The lowest BCUT2D eigenvalue weighted by Gasteiger charge is -2.18. The highest BCUT2D eigenvalue weighted by atomic mass is 32.2. The maximum atomic E-state index is 12.9. The molecule has 7 nitrogen and oxygen atoms in total. The molecule has 0 unspecified atom stereocenters. The van der Waals surface area contributed by atoms with Crippen molar-refractivity contribution in [3.05, 3.63) is 59.4 Å². The second kappa shape index (κ2) is 10.3. The fourth-order valence-corrected chi connectivity index (χ4v) is 6.00. The molecule has 1 atom stereocenters. The Kier molecular flexibility index (Phi) is 7.25. The predicted octanol–water partition coefficient (Wildman–Crippen LogP) is 4.52. The summed E-state index contributed by atoms with van der Waals surface area (Å²) in [5.41, 5.74) is 2.85. The lowest BCUT2D eigenvalue weighted by Crippen LogP contribution is -2.32. The second-order valence-corrected chi connectivity index (χ2v) is 12.6. The zero-order valence-electron chi connectivity index (χ0n) is 21.2. The summed E-state index contributed by atoms with van der Waals surface area (Å²) in [5, 5.41) is 2.87. The van der Waals surface area contributed by atoms with Crippen LogP contribution in [-0.4, -0.2) is 60.3 Å². The SMILES string of the molecule is CCS(=O)(=O)c1ccc(CNC(=O)c2ccc3c(c2)nc(C2CC2)n3C[C@@H]2CCN(CC(F)(F)F)C2)cc1. The van der Waals surface area contributed by atoms with E-state index in [-0.39, 0.29) is 29.0 Å². The molecule has 2 aromatic carbocycles. The minimum atomic E-state index is -4.19. The third-order valence-corrected chi connectivity index (χ3v) is 9.06. The first-order chi connectivity index (χ1) is 18.0. The van der Waals surface area contributed by atoms with Gasteiger partial charge in [0, 0.05) is 31.1 Å². The van der Waals surface area contributed by atoms with E-state index in [1.165, 1.54) is 4.90 Å². The zero-order valence-corrected chi connectivity index (χ0v) is 22.0. The van der Waals surface area contributed by atoms with Gasteiger partial charge < -0.3 is 9.88 Å². The third-order valence-electron chi connectivity index (χ3n) is 7.31. The number of carbonyl (C=O) groups excluding carboxylic acids is 1. The molecule has 0 spiro atoms. The van der Waals surface area contributed by atoms with Crippen LogP contribution in [0.5, 0.6) is 0 Å². The molecule has 2 fully saturated rings. The summed E-state index contributed by atoms with van der Waals surface area (Å²) in [7, 11) is -3.28. The molecule has 1 saturated carbocycles. The lowest BCUT2D eigenvalue weighted by molar-refractivity contribution is -0.143. The van der Waals surface area contributed by atoms with E-state index >= 15 is 0 Å². The Morgan fingerprint density at radius 2 is 1.84 bits per heavy atom. The molecule has 1 aromatic heterocycles. The summed E-state index contributed by atoms with van der Waals surface area (Å²) in [6, 6.07) is 11.8. The molecule has 5 rings (SSSR count). The topological polar surface area (TPSA) is 84.3 Å². The van der Waals surface area contributed by atoms with Crippen LogP contribution in [0.2, 0.25) is 0 Å². The smallest absolute Gasteiger partial charge is 0.348 e. The number of nitrogens with one attached hydrogen (secondary N) is 1. The number of halogens is 3. The maximum absolute atomic E-state index is 12.9. The molecule has 38 heavy (non-hydrogen) atoms. The molecule has 1 aliphatic heterocycles. The van der Waals surface area contributed by atoms with Gasteiger partial charge in [-0.1, -0.05) is 19.1 Å². The van der Waals surface area contributed by atoms with Crippen LogP contribution in [-0.2, 0) is 22.9 Å². The van der Waals surface area contributed by atoms with Crippen molar-refractivity contribution < 1.29 is 26.4 Å². The molecule has 0 radical (unpaired) electrons. The van der Waals surface area contributed by atoms with Gasteiger partial charge in [0.1, 0.15) is 5.82 Å². The van der Waals surface area contributed by atoms with Gasteiger partial charge in [-0.15, -0.1) is 0 Å². The Labute approximate surface area is 219 Å². The van der Waals surface area contributed by atoms with Gasteiger partial charge in [0.2, 0.25) is 0 Å². The standard InChI is InChI=1S/C27H31F3N4O3S/c1-2-38(36,37)22-8-3-18(4-9-22)14-31-26(35)21-7-10-24-23(13-21)32-25(20-5-6-20)34(24)16-19-11-12-33(15-19)17-27(28,29)30/h3-4,7-10,13,19-20H,2,5-6,11-12,14-17H2,1H3,(H,31,35)/t19-/m1/s1. The summed E-state index contributed by atoms with van der Waals surface area (Å²) in [6.45, 7) is 2.45. The number of rotatable bonds is 9. The number of aromatic nitrogens is 2. The first kappa shape index (κ1) is 26.7. The van der Waals surface area contributed by atoms with Gasteiger partial charge in [-0.05, 0) is 67.6 Å². The first-order valence-electron chi connectivity index (χ1n) is 12.9. The van der Waals surface area contributed by atoms with Gasteiger partial charge in [-0.2, -0.15) is 13.2 Å². The van der Waals surface area contributed by atoms with E-state index in [2.05, 4.69) is 9.88 Å². The number of hydrogen-bond acceptors (Lipinski definition) is 5. The van der Waals surface area contributed by atoms with Crippen molar-refractivity contribution in [1.29, 1.82) is 0 Å². The number of carbonyl (C=O) groups is 1. The van der Waals surface area contributed by atoms with E-state index in [1.54, 1.807) is 43.3 Å². The second-order valence-electron chi connectivity index (χ2n) is 10.3. The van der Waals surface area contributed by atoms with E-state index in [0.717, 1.165) is 29.7 Å². The summed E-state index contributed by atoms with van der Waals surface area (Å²) in [5.74, 6) is 1.19. The van der Waals surface area contributed by atoms with Gasteiger partial charge in [0.05, 0.1) is 28.2 Å². The number of fused-ring (bicyclic) bond motifs is 1. The molecule has 11 heteroatoms. The highest BCUT2D eigenvalue weighted by Gasteiger charge is 2.36.